The molecular formula is C34H28Cl2N2O6S. The molecule has 0 amide bonds. The summed E-state index contributed by atoms with van der Waals surface area (Å²) in [7, 11) is 0. The van der Waals surface area contributed by atoms with Crippen molar-refractivity contribution in [2.24, 2.45) is 5.92 Å². The fourth-order valence-corrected chi connectivity index (χ4v) is 8.28. The smallest absolute Gasteiger partial charge is 0.343 e. The van der Waals surface area contributed by atoms with E-state index in [2.05, 4.69) is 5.32 Å². The Hall–Kier alpha value is -4.05. The van der Waals surface area contributed by atoms with E-state index in [4.69, 9.17) is 32.7 Å². The maximum Gasteiger partial charge on any atom is 0.343 e. The first kappa shape index (κ1) is 31.0. The lowest BCUT2D eigenvalue weighted by Crippen LogP contribution is -2.31. The monoisotopic (exact) mass is 662 g/mol. The van der Waals surface area contributed by atoms with Gasteiger partial charge in [-0.25, -0.2) is 9.59 Å². The van der Waals surface area contributed by atoms with Crippen molar-refractivity contribution >= 4 is 58.3 Å². The lowest BCUT2D eigenvalue weighted by molar-refractivity contribution is -0.387. The molecular weight excluding hydrogens is 635 g/mol. The van der Waals surface area contributed by atoms with Crippen molar-refractivity contribution in [1.29, 1.82) is 0 Å². The summed E-state index contributed by atoms with van der Waals surface area (Å²) < 4.78 is 10.8. The van der Waals surface area contributed by atoms with Crippen LogP contribution in [-0.2, 0) is 4.74 Å². The highest BCUT2D eigenvalue weighted by Crippen LogP contribution is 2.58. The van der Waals surface area contributed by atoms with E-state index in [1.807, 2.05) is 30.3 Å². The van der Waals surface area contributed by atoms with E-state index in [0.717, 1.165) is 16.8 Å². The van der Waals surface area contributed by atoms with E-state index in [1.165, 1.54) is 17.8 Å². The van der Waals surface area contributed by atoms with E-state index in [9.17, 15) is 19.7 Å². The van der Waals surface area contributed by atoms with Crippen molar-refractivity contribution < 1.29 is 24.0 Å². The number of para-hydroxylation sites is 2. The van der Waals surface area contributed by atoms with Crippen LogP contribution in [-0.4, -0.2) is 34.1 Å². The Balaban J connectivity index is 1.34. The van der Waals surface area contributed by atoms with Gasteiger partial charge in [0, 0.05) is 27.9 Å². The van der Waals surface area contributed by atoms with Crippen molar-refractivity contribution in [2.45, 2.75) is 40.8 Å². The van der Waals surface area contributed by atoms with Crippen LogP contribution in [0.15, 0.2) is 95.9 Å². The second-order valence-electron chi connectivity index (χ2n) is 10.8. The van der Waals surface area contributed by atoms with Gasteiger partial charge in [0.05, 0.1) is 33.4 Å². The van der Waals surface area contributed by atoms with Gasteiger partial charge in [-0.1, -0.05) is 48.0 Å². The summed E-state index contributed by atoms with van der Waals surface area (Å²) in [6.07, 6.45) is 0.677. The predicted octanol–water partition coefficient (Wildman–Crippen LogP) is 8.68. The van der Waals surface area contributed by atoms with Crippen molar-refractivity contribution in [1.82, 2.24) is 0 Å². The molecule has 8 nitrogen and oxygen atoms in total. The molecule has 11 heteroatoms. The van der Waals surface area contributed by atoms with Crippen molar-refractivity contribution in [3.8, 4) is 5.75 Å². The van der Waals surface area contributed by atoms with Gasteiger partial charge >= 0.3 is 11.9 Å². The SMILES string of the molecule is CCOC(=O)c1ccccc1OC(=O)c1ccc2c(c1)[C@H]1[C@@H](Cl)[C@@H](Sc3ccccc3[N+](=O)[O-])C[C@@H]1[C@H](c1ccc(Cl)cc1)N2. The molecule has 2 aliphatic rings. The number of carbonyl (C=O) groups excluding carboxylic acids is 2. The predicted molar refractivity (Wildman–Crippen MR) is 175 cm³/mol. The highest BCUT2D eigenvalue weighted by molar-refractivity contribution is 8.00. The highest BCUT2D eigenvalue weighted by atomic mass is 35.5. The Morgan fingerprint density at radius 1 is 1.00 bits per heavy atom. The summed E-state index contributed by atoms with van der Waals surface area (Å²) in [6.45, 7) is 1.89. The van der Waals surface area contributed by atoms with Crippen LogP contribution in [0.5, 0.6) is 5.75 Å². The summed E-state index contributed by atoms with van der Waals surface area (Å²) in [5, 5.41) is 15.5. The van der Waals surface area contributed by atoms with E-state index < -0.39 is 17.3 Å². The number of ether oxygens (including phenoxy) is 2. The molecule has 0 bridgehead atoms. The van der Waals surface area contributed by atoms with Crippen LogP contribution in [0.3, 0.4) is 0 Å². The third-order valence-electron chi connectivity index (χ3n) is 8.20. The lowest BCUT2D eigenvalue weighted by Gasteiger charge is -2.38. The summed E-state index contributed by atoms with van der Waals surface area (Å²) in [5.41, 5.74) is 3.24. The number of nitro benzene ring substituents is 1. The number of thioether (sulfide) groups is 1. The molecule has 0 saturated heterocycles. The maximum absolute atomic E-state index is 13.4. The zero-order valence-corrected chi connectivity index (χ0v) is 26.4. The Bertz CT molecular complexity index is 1770. The second-order valence-corrected chi connectivity index (χ2v) is 13.1. The quantitative estimate of drug-likeness (QED) is 0.0656. The summed E-state index contributed by atoms with van der Waals surface area (Å²) in [5.74, 6) is -1.26. The molecule has 0 aromatic heterocycles. The summed E-state index contributed by atoms with van der Waals surface area (Å²) >= 11 is 14.9. The minimum atomic E-state index is -0.624. The van der Waals surface area contributed by atoms with Gasteiger partial charge in [0.2, 0.25) is 0 Å². The molecule has 45 heavy (non-hydrogen) atoms. The Morgan fingerprint density at radius 2 is 1.73 bits per heavy atom. The van der Waals surface area contributed by atoms with E-state index in [-0.39, 0.29) is 51.7 Å². The van der Waals surface area contributed by atoms with E-state index in [1.54, 1.807) is 61.5 Å². The minimum Gasteiger partial charge on any atom is -0.462 e. The third-order valence-corrected chi connectivity index (χ3v) is 10.6. The number of halogens is 2. The van der Waals surface area contributed by atoms with Crippen LogP contribution in [0.25, 0.3) is 0 Å². The highest BCUT2D eigenvalue weighted by Gasteiger charge is 2.50. The van der Waals surface area contributed by atoms with Gasteiger partial charge < -0.3 is 14.8 Å². The average molecular weight is 664 g/mol. The standard InChI is InChI=1S/C34H28Cl2N2O6S/c1-2-43-34(40)22-7-3-5-9-27(22)44-33(39)20-13-16-25-23(17-20)30-24(32(37-25)19-11-14-21(35)15-12-19)18-29(31(30)36)45-28-10-6-4-8-26(28)38(41)42/h3-17,24,29-32,37H,2,18H2,1H3/t24-,29-,30+,31-,32-/m0/s1. The first-order valence-electron chi connectivity index (χ1n) is 14.4. The van der Waals surface area contributed by atoms with Gasteiger partial charge in [0.15, 0.2) is 0 Å². The molecule has 1 N–H and O–H groups in total. The Kier molecular flexibility index (Phi) is 9.03. The number of hydrogen-bond donors (Lipinski definition) is 1. The van der Waals surface area contributed by atoms with Crippen molar-refractivity contribution in [3.05, 3.63) is 128 Å². The number of fused-ring (bicyclic) bond motifs is 3. The summed E-state index contributed by atoms with van der Waals surface area (Å²) in [4.78, 5) is 37.8. The zero-order valence-electron chi connectivity index (χ0n) is 24.0. The van der Waals surface area contributed by atoms with Crippen LogP contribution in [0, 0.1) is 16.0 Å². The lowest BCUT2D eigenvalue weighted by atomic mass is 9.77. The van der Waals surface area contributed by atoms with Crippen LogP contribution in [0.1, 0.15) is 57.1 Å². The number of alkyl halides is 1. The average Bonchev–Trinajstić information content (AvgIpc) is 3.37. The second kappa shape index (κ2) is 13.1. The van der Waals surface area contributed by atoms with Crippen LogP contribution >= 0.6 is 35.0 Å². The van der Waals surface area contributed by atoms with E-state index in [0.29, 0.717) is 21.9 Å². The van der Waals surface area contributed by atoms with Crippen molar-refractivity contribution in [3.63, 3.8) is 0 Å². The molecule has 1 aliphatic carbocycles. The maximum atomic E-state index is 13.4. The molecule has 5 atom stereocenters. The first-order valence-corrected chi connectivity index (χ1v) is 16.1. The Morgan fingerprint density at radius 3 is 2.49 bits per heavy atom. The molecule has 0 unspecified atom stereocenters. The molecule has 230 valence electrons. The fourth-order valence-electron chi connectivity index (χ4n) is 6.21. The number of carbonyl (C=O) groups is 2. The van der Waals surface area contributed by atoms with Crippen LogP contribution in [0.2, 0.25) is 5.02 Å². The molecule has 0 radical (unpaired) electrons. The number of hydrogen-bond acceptors (Lipinski definition) is 8. The van der Waals surface area contributed by atoms with Gasteiger partial charge in [-0.05, 0) is 78.9 Å². The van der Waals surface area contributed by atoms with E-state index >= 15 is 0 Å². The number of anilines is 1. The normalized spacial score (nSPS) is 21.6. The van der Waals surface area contributed by atoms with Crippen LogP contribution < -0.4 is 10.1 Å². The number of rotatable bonds is 8. The molecule has 6 rings (SSSR count). The largest absolute Gasteiger partial charge is 0.462 e. The minimum absolute atomic E-state index is 0.0113. The number of nitrogens with one attached hydrogen (secondary N) is 1. The van der Waals surface area contributed by atoms with Crippen LogP contribution in [0.4, 0.5) is 11.4 Å². The topological polar surface area (TPSA) is 108 Å². The van der Waals surface area contributed by atoms with Gasteiger partial charge in [0.1, 0.15) is 11.3 Å². The first-order chi connectivity index (χ1) is 21.7. The van der Waals surface area contributed by atoms with Gasteiger partial charge in [0.25, 0.3) is 5.69 Å². The van der Waals surface area contributed by atoms with Crippen molar-refractivity contribution in [2.75, 3.05) is 11.9 Å². The molecule has 1 fully saturated rings. The Labute approximate surface area is 274 Å². The zero-order chi connectivity index (χ0) is 31.7. The number of nitrogens with zero attached hydrogens (tertiary/aromatic N) is 1. The molecule has 1 aliphatic heterocycles. The van der Waals surface area contributed by atoms with Gasteiger partial charge in [-0.2, -0.15) is 0 Å². The molecule has 0 spiro atoms. The van der Waals surface area contributed by atoms with Gasteiger partial charge in [-0.15, -0.1) is 23.4 Å². The molecule has 1 heterocycles. The molecule has 4 aromatic rings. The molecule has 1 saturated carbocycles. The number of nitro groups is 1. The number of benzene rings is 4. The fraction of sp³-hybridized carbons (Fsp3) is 0.235. The molecule has 4 aromatic carbocycles. The third kappa shape index (κ3) is 6.25. The summed E-state index contributed by atoms with van der Waals surface area (Å²) in [6, 6.07) is 26.0. The van der Waals surface area contributed by atoms with Gasteiger partial charge in [-0.3, -0.25) is 10.1 Å². The number of esters is 2.